The van der Waals surface area contributed by atoms with Gasteiger partial charge in [-0.3, -0.25) is 4.79 Å². The van der Waals surface area contributed by atoms with E-state index in [2.05, 4.69) is 15.4 Å². The predicted octanol–water partition coefficient (Wildman–Crippen LogP) is 2.57. The lowest BCUT2D eigenvalue weighted by Gasteiger charge is -2.23. The van der Waals surface area contributed by atoms with Crippen LogP contribution in [0.5, 0.6) is 0 Å². The monoisotopic (exact) mass is 366 g/mol. The third-order valence-electron chi connectivity index (χ3n) is 4.73. The van der Waals surface area contributed by atoms with Crippen LogP contribution in [-0.2, 0) is 6.18 Å². The molecular weight excluding hydrogens is 351 g/mol. The number of hydrogen-bond donors (Lipinski definition) is 3. The third-order valence-corrected chi connectivity index (χ3v) is 4.73. The molecule has 3 N–H and O–H groups in total. The number of aromatic amines is 1. The van der Waals surface area contributed by atoms with Gasteiger partial charge in [0.2, 0.25) is 0 Å². The summed E-state index contributed by atoms with van der Waals surface area (Å²) in [6.45, 7) is 1.57. The fraction of sp³-hybridized carbons (Fsp3) is 0.375. The van der Waals surface area contributed by atoms with E-state index in [-0.39, 0.29) is 33.7 Å². The zero-order chi connectivity index (χ0) is 18.5. The Morgan fingerprint density at radius 2 is 1.96 bits per heavy atom. The average molecular weight is 366 g/mol. The van der Waals surface area contributed by atoms with Crippen LogP contribution < -0.4 is 16.4 Å². The normalized spacial score (nSPS) is 16.5. The minimum atomic E-state index is -4.61. The fourth-order valence-electron chi connectivity index (χ4n) is 3.52. The summed E-state index contributed by atoms with van der Waals surface area (Å²) in [4.78, 5) is 14.7. The number of nitrogens with zero attached hydrogens (tertiary/aromatic N) is 2. The smallest absolute Gasteiger partial charge is 0.416 e. The van der Waals surface area contributed by atoms with Crippen LogP contribution in [0.4, 0.5) is 18.9 Å². The molecule has 1 saturated heterocycles. The highest BCUT2D eigenvalue weighted by Crippen LogP contribution is 2.37. The summed E-state index contributed by atoms with van der Waals surface area (Å²) in [6, 6.07) is 3.03. The molecule has 0 spiro atoms. The number of aromatic nitrogens is 3. The quantitative estimate of drug-likeness (QED) is 0.606. The Balaban J connectivity index is 2.03. The molecule has 0 radical (unpaired) electrons. The van der Waals surface area contributed by atoms with Crippen LogP contribution in [-0.4, -0.2) is 27.7 Å². The Morgan fingerprint density at radius 1 is 1.23 bits per heavy atom. The van der Waals surface area contributed by atoms with E-state index in [0.717, 1.165) is 38.1 Å². The number of fused-ring (bicyclic) bond motifs is 3. The molecule has 0 bridgehead atoms. The van der Waals surface area contributed by atoms with Crippen LogP contribution in [0, 0.1) is 5.21 Å². The minimum absolute atomic E-state index is 0.00444. The van der Waals surface area contributed by atoms with Gasteiger partial charge < -0.3 is 21.0 Å². The predicted molar refractivity (Wildman–Crippen MR) is 90.2 cm³/mol. The van der Waals surface area contributed by atoms with Gasteiger partial charge in [-0.25, -0.2) is 4.52 Å². The van der Waals surface area contributed by atoms with Crippen LogP contribution >= 0.6 is 0 Å². The number of hydrogen-bond acceptors (Lipinski definition) is 5. The standard InChI is InChI=1S/C16H15F3N5O2/c17-16(18,19)9-5-10-14(11(6-9)23-26)15-21-13(25)7-12(24(15)22-10)8-1-3-20-4-2-8/h5-8,20,23H,1-4H2,(H,21,25)/q-1. The topological polar surface area (TPSA) is 97.3 Å². The van der Waals surface area contributed by atoms with Gasteiger partial charge in [-0.05, 0) is 38.1 Å². The fourth-order valence-corrected chi connectivity index (χ4v) is 3.52. The molecular formula is C16H15F3N5O2-. The summed E-state index contributed by atoms with van der Waals surface area (Å²) >= 11 is 0. The highest BCUT2D eigenvalue weighted by Gasteiger charge is 2.32. The second-order valence-corrected chi connectivity index (χ2v) is 6.36. The average Bonchev–Trinajstić information content (AvgIpc) is 2.98. The van der Waals surface area contributed by atoms with Gasteiger partial charge in [0.1, 0.15) is 5.65 Å². The summed E-state index contributed by atoms with van der Waals surface area (Å²) in [5.41, 5.74) is 0.752. The molecule has 0 saturated carbocycles. The summed E-state index contributed by atoms with van der Waals surface area (Å²) in [5, 5.41) is 18.9. The Kier molecular flexibility index (Phi) is 3.88. The number of nitrogens with one attached hydrogen (secondary N) is 3. The number of rotatable bonds is 2. The van der Waals surface area contributed by atoms with Crippen LogP contribution in [0.25, 0.3) is 16.6 Å². The Bertz CT molecular complexity index is 1030. The van der Waals surface area contributed by atoms with Crippen molar-refractivity contribution in [1.29, 1.82) is 0 Å². The number of alkyl halides is 3. The van der Waals surface area contributed by atoms with Crippen molar-refractivity contribution >= 4 is 22.2 Å². The maximum absolute atomic E-state index is 13.1. The Labute approximate surface area is 144 Å². The molecule has 2 aromatic heterocycles. The van der Waals surface area contributed by atoms with Gasteiger partial charge in [0.05, 0.1) is 22.2 Å². The highest BCUT2D eigenvalue weighted by molar-refractivity contribution is 6.02. The van der Waals surface area contributed by atoms with Gasteiger partial charge in [-0.2, -0.15) is 18.3 Å². The first-order valence-corrected chi connectivity index (χ1v) is 8.14. The molecule has 26 heavy (non-hydrogen) atoms. The van der Waals surface area contributed by atoms with Crippen LogP contribution in [0.3, 0.4) is 0 Å². The lowest BCUT2D eigenvalue weighted by atomic mass is 9.94. The van der Waals surface area contributed by atoms with Crippen molar-refractivity contribution in [3.8, 4) is 0 Å². The van der Waals surface area contributed by atoms with E-state index in [1.54, 1.807) is 5.48 Å². The van der Waals surface area contributed by atoms with Crippen molar-refractivity contribution in [2.75, 3.05) is 18.6 Å². The maximum Gasteiger partial charge on any atom is 0.416 e. The zero-order valence-electron chi connectivity index (χ0n) is 13.5. The van der Waals surface area contributed by atoms with E-state index in [1.165, 1.54) is 10.6 Å². The van der Waals surface area contributed by atoms with Crippen molar-refractivity contribution in [2.24, 2.45) is 0 Å². The number of piperidine rings is 1. The molecule has 4 rings (SSSR count). The molecule has 3 heterocycles. The summed E-state index contributed by atoms with van der Waals surface area (Å²) in [5.74, 6) is 0.0566. The number of H-pyrrole nitrogens is 1. The minimum Gasteiger partial charge on any atom is -0.761 e. The lowest BCUT2D eigenvalue weighted by Crippen LogP contribution is -2.28. The van der Waals surface area contributed by atoms with Crippen molar-refractivity contribution in [2.45, 2.75) is 24.9 Å². The van der Waals surface area contributed by atoms with E-state index < -0.39 is 11.7 Å². The first-order chi connectivity index (χ1) is 12.4. The first kappa shape index (κ1) is 16.9. The summed E-state index contributed by atoms with van der Waals surface area (Å²) < 4.78 is 40.7. The van der Waals surface area contributed by atoms with Gasteiger partial charge in [-0.1, -0.05) is 0 Å². The van der Waals surface area contributed by atoms with Gasteiger partial charge in [0.25, 0.3) is 5.56 Å². The summed E-state index contributed by atoms with van der Waals surface area (Å²) in [7, 11) is 0. The van der Waals surface area contributed by atoms with Crippen molar-refractivity contribution in [1.82, 2.24) is 19.9 Å². The van der Waals surface area contributed by atoms with Crippen LogP contribution in [0.1, 0.15) is 30.0 Å². The maximum atomic E-state index is 13.1. The molecule has 1 aromatic carbocycles. The zero-order valence-corrected chi connectivity index (χ0v) is 13.5. The molecule has 0 unspecified atom stereocenters. The number of benzene rings is 1. The van der Waals surface area contributed by atoms with Gasteiger partial charge in [-0.15, -0.1) is 0 Å². The molecule has 1 fully saturated rings. The molecule has 0 aliphatic carbocycles. The highest BCUT2D eigenvalue weighted by atomic mass is 19.4. The largest absolute Gasteiger partial charge is 0.761 e. The van der Waals surface area contributed by atoms with Crippen molar-refractivity contribution in [3.05, 3.63) is 45.0 Å². The molecule has 10 heteroatoms. The van der Waals surface area contributed by atoms with E-state index in [0.29, 0.717) is 5.69 Å². The lowest BCUT2D eigenvalue weighted by molar-refractivity contribution is -0.137. The summed E-state index contributed by atoms with van der Waals surface area (Å²) in [6.07, 6.45) is -3.04. The van der Waals surface area contributed by atoms with Crippen LogP contribution in [0.15, 0.2) is 23.0 Å². The van der Waals surface area contributed by atoms with Gasteiger partial charge >= 0.3 is 6.18 Å². The van der Waals surface area contributed by atoms with Crippen molar-refractivity contribution < 1.29 is 13.2 Å². The molecule has 0 amide bonds. The molecule has 3 aromatic rings. The molecule has 0 atom stereocenters. The third kappa shape index (κ3) is 2.71. The van der Waals surface area contributed by atoms with Crippen LogP contribution in [0.2, 0.25) is 0 Å². The number of halogens is 3. The second-order valence-electron chi connectivity index (χ2n) is 6.36. The van der Waals surface area contributed by atoms with Crippen molar-refractivity contribution in [3.63, 3.8) is 0 Å². The Morgan fingerprint density at radius 3 is 2.62 bits per heavy atom. The van der Waals surface area contributed by atoms with E-state index in [9.17, 15) is 23.2 Å². The van der Waals surface area contributed by atoms with E-state index in [4.69, 9.17) is 0 Å². The molecule has 1 aliphatic rings. The molecule has 1 aliphatic heterocycles. The second kappa shape index (κ2) is 5.99. The van der Waals surface area contributed by atoms with Gasteiger partial charge in [0, 0.05) is 17.7 Å². The first-order valence-electron chi connectivity index (χ1n) is 8.14. The molecule has 7 nitrogen and oxygen atoms in total. The van der Waals surface area contributed by atoms with Gasteiger partial charge in [0.15, 0.2) is 0 Å². The molecule has 138 valence electrons. The van der Waals surface area contributed by atoms with E-state index >= 15 is 0 Å². The van der Waals surface area contributed by atoms with E-state index in [1.807, 2.05) is 0 Å². The SMILES string of the molecule is O=c1cc(C2CCNCC2)n2nc3cc(C(F)(F)F)cc(N[O-])c3c2[nH]1. The number of anilines is 1. The Hall–Kier alpha value is -2.59.